The molecule has 1 spiro atoms. The van der Waals surface area contributed by atoms with Crippen LogP contribution in [0.5, 0.6) is 0 Å². The van der Waals surface area contributed by atoms with Crippen molar-refractivity contribution in [1.82, 2.24) is 9.80 Å². The lowest BCUT2D eigenvalue weighted by Crippen LogP contribution is -2.55. The lowest BCUT2D eigenvalue weighted by atomic mass is 9.66. The Hall–Kier alpha value is -3.36. The van der Waals surface area contributed by atoms with E-state index >= 15 is 0 Å². The number of hydrogen-bond acceptors (Lipinski definition) is 5. The number of fused-ring (bicyclic) bond motifs is 1. The largest absolute Gasteiger partial charge is 0.396 e. The Balaban J connectivity index is 1.57. The molecule has 5 rings (SSSR count). The van der Waals surface area contributed by atoms with Gasteiger partial charge in [0, 0.05) is 43.2 Å². The van der Waals surface area contributed by atoms with Gasteiger partial charge < -0.3 is 19.8 Å². The summed E-state index contributed by atoms with van der Waals surface area (Å²) in [5.41, 5.74) is 3.82. The normalized spacial score (nSPS) is 26.9. The van der Waals surface area contributed by atoms with Crippen molar-refractivity contribution in [3.8, 4) is 0 Å². The fraction of sp³-hybridized carbons (Fsp3) is 0.472. The van der Waals surface area contributed by atoms with Gasteiger partial charge in [0.15, 0.2) is 0 Å². The first-order valence-corrected chi connectivity index (χ1v) is 16.5. The summed E-state index contributed by atoms with van der Waals surface area (Å²) in [4.78, 5) is 49.4. The second-order valence-corrected chi connectivity index (χ2v) is 14.6. The summed E-state index contributed by atoms with van der Waals surface area (Å²) in [5.74, 6) is -1.45. The number of nitrogens with zero attached hydrogens (tertiary/aromatic N) is 3. The van der Waals surface area contributed by atoms with Gasteiger partial charge >= 0.3 is 0 Å². The van der Waals surface area contributed by atoms with Gasteiger partial charge in [-0.05, 0) is 63.1 Å². The number of carbonyl (C=O) groups excluding carboxylic acids is 3. The number of aliphatic hydroxyl groups is 1. The third-order valence-electron chi connectivity index (χ3n) is 9.75. The summed E-state index contributed by atoms with van der Waals surface area (Å²) in [6.45, 7) is 15.5. The van der Waals surface area contributed by atoms with Gasteiger partial charge in [-0.25, -0.2) is 0 Å². The molecule has 1 N–H and O–H groups in total. The van der Waals surface area contributed by atoms with Crippen LogP contribution in [0.3, 0.4) is 0 Å². The fourth-order valence-corrected chi connectivity index (χ4v) is 10.2. The van der Waals surface area contributed by atoms with E-state index in [2.05, 4.69) is 20.1 Å². The highest BCUT2D eigenvalue weighted by atomic mass is 32.2. The monoisotopic (exact) mass is 615 g/mol. The van der Waals surface area contributed by atoms with Crippen molar-refractivity contribution in [3.05, 3.63) is 90.5 Å². The molecule has 2 aromatic rings. The second-order valence-electron chi connectivity index (χ2n) is 12.7. The van der Waals surface area contributed by atoms with Crippen LogP contribution in [0, 0.1) is 25.7 Å². The molecule has 3 aliphatic rings. The number of unbranched alkanes of at least 4 members (excludes halogenated alkanes) is 1. The number of benzene rings is 2. The summed E-state index contributed by atoms with van der Waals surface area (Å²) >= 11 is 1.69. The first-order valence-electron chi connectivity index (χ1n) is 15.7. The Morgan fingerprint density at radius 1 is 1.00 bits per heavy atom. The van der Waals surface area contributed by atoms with Gasteiger partial charge in [0.2, 0.25) is 11.8 Å². The Labute approximate surface area is 266 Å². The van der Waals surface area contributed by atoms with E-state index in [1.54, 1.807) is 33.7 Å². The zero-order valence-corrected chi connectivity index (χ0v) is 27.0. The molecular formula is C36H45N3O4S. The molecule has 3 aliphatic heterocycles. The number of thioether (sulfide) groups is 1. The zero-order chi connectivity index (χ0) is 31.6. The molecule has 2 bridgehead atoms. The summed E-state index contributed by atoms with van der Waals surface area (Å²) in [6, 6.07) is 15.1. The predicted octanol–water partition coefficient (Wildman–Crippen LogP) is 5.29. The summed E-state index contributed by atoms with van der Waals surface area (Å²) in [7, 11) is 0. The van der Waals surface area contributed by atoms with Gasteiger partial charge in [-0.2, -0.15) is 0 Å². The summed E-state index contributed by atoms with van der Waals surface area (Å²) in [6.07, 6.45) is 6.03. The van der Waals surface area contributed by atoms with Crippen molar-refractivity contribution in [1.29, 1.82) is 0 Å². The van der Waals surface area contributed by atoms with Crippen LogP contribution in [0.1, 0.15) is 49.3 Å². The molecule has 0 aromatic heterocycles. The molecule has 0 saturated carbocycles. The third-order valence-corrected chi connectivity index (χ3v) is 11.7. The third kappa shape index (κ3) is 5.40. The SMILES string of the molecule is C=CCN(Cc1ccccc1)C(=O)[C@H]1[C@H]2C(=O)N(CCCCO)C(C(=O)N(CC=C)c3c(C)cccc3C)C23CC[C@]1(C)S3. The molecule has 2 aromatic carbocycles. The topological polar surface area (TPSA) is 81.2 Å². The van der Waals surface area contributed by atoms with Crippen LogP contribution in [0.15, 0.2) is 73.8 Å². The van der Waals surface area contributed by atoms with Gasteiger partial charge in [0.25, 0.3) is 5.91 Å². The smallest absolute Gasteiger partial charge is 0.251 e. The van der Waals surface area contributed by atoms with E-state index in [0.717, 1.165) is 28.8 Å². The van der Waals surface area contributed by atoms with Crippen molar-refractivity contribution in [2.24, 2.45) is 11.8 Å². The summed E-state index contributed by atoms with van der Waals surface area (Å²) in [5, 5.41) is 9.54. The highest BCUT2D eigenvalue weighted by Crippen LogP contribution is 2.71. The maximum atomic E-state index is 14.9. The first-order chi connectivity index (χ1) is 21.1. The Kier molecular flexibility index (Phi) is 9.42. The molecule has 7 nitrogen and oxygen atoms in total. The molecular weight excluding hydrogens is 570 g/mol. The van der Waals surface area contributed by atoms with Crippen LogP contribution in [0.25, 0.3) is 0 Å². The number of carbonyl (C=O) groups is 3. The molecule has 5 atom stereocenters. The average molecular weight is 616 g/mol. The van der Waals surface area contributed by atoms with Crippen molar-refractivity contribution in [2.75, 3.05) is 31.1 Å². The number of aryl methyl sites for hydroxylation is 2. The quantitative estimate of drug-likeness (QED) is 0.245. The molecule has 3 amide bonds. The van der Waals surface area contributed by atoms with Crippen molar-refractivity contribution in [3.63, 3.8) is 0 Å². The molecule has 234 valence electrons. The first kappa shape index (κ1) is 32.0. The van der Waals surface area contributed by atoms with E-state index in [0.29, 0.717) is 45.4 Å². The number of rotatable bonds is 13. The zero-order valence-electron chi connectivity index (χ0n) is 26.2. The predicted molar refractivity (Wildman–Crippen MR) is 177 cm³/mol. The van der Waals surface area contributed by atoms with Crippen molar-refractivity contribution < 1.29 is 19.5 Å². The molecule has 8 heteroatoms. The lowest BCUT2D eigenvalue weighted by Gasteiger charge is -2.38. The number of aliphatic hydroxyl groups excluding tert-OH is 1. The fourth-order valence-electron chi connectivity index (χ4n) is 7.90. The Morgan fingerprint density at radius 3 is 2.32 bits per heavy atom. The molecule has 0 radical (unpaired) electrons. The number of amides is 3. The highest BCUT2D eigenvalue weighted by Gasteiger charge is 2.77. The van der Waals surface area contributed by atoms with Gasteiger partial charge in [0.05, 0.1) is 16.6 Å². The van der Waals surface area contributed by atoms with Gasteiger partial charge in [0.1, 0.15) is 6.04 Å². The van der Waals surface area contributed by atoms with Crippen LogP contribution < -0.4 is 4.90 Å². The number of anilines is 1. The maximum absolute atomic E-state index is 14.9. The van der Waals surface area contributed by atoms with Crippen LogP contribution in [-0.4, -0.2) is 74.4 Å². The average Bonchev–Trinajstić information content (AvgIpc) is 3.57. The molecule has 3 fully saturated rings. The standard InChI is InChI=1S/C36H45N3O4S/c1-6-20-37(24-27-16-9-8-10-17-27)32(41)28-29-33(42)39(22-11-12-23-40)31(36(29)19-18-35(28,5)44-36)34(43)38(21-7-2)30-25(3)14-13-15-26(30)4/h6-10,13-17,28-29,31,40H,1-2,11-12,18-24H2,3-5H3/t28-,29+,31?,35+,36?/m1/s1. The number of para-hydroxylation sites is 1. The molecule has 0 aliphatic carbocycles. The van der Waals surface area contributed by atoms with Gasteiger partial charge in [-0.1, -0.05) is 60.7 Å². The van der Waals surface area contributed by atoms with E-state index in [-0.39, 0.29) is 24.3 Å². The molecule has 2 unspecified atom stereocenters. The van der Waals surface area contributed by atoms with E-state index in [1.807, 2.05) is 67.3 Å². The minimum Gasteiger partial charge on any atom is -0.396 e. The van der Waals surface area contributed by atoms with E-state index in [1.165, 1.54) is 0 Å². The minimum absolute atomic E-state index is 0.0180. The van der Waals surface area contributed by atoms with Gasteiger partial charge in [-0.15, -0.1) is 24.9 Å². The Bertz CT molecular complexity index is 1410. The summed E-state index contributed by atoms with van der Waals surface area (Å²) < 4.78 is -1.18. The van der Waals surface area contributed by atoms with Crippen molar-refractivity contribution in [2.45, 2.75) is 68.5 Å². The van der Waals surface area contributed by atoms with E-state index in [9.17, 15) is 19.5 Å². The number of hydrogen-bond donors (Lipinski definition) is 1. The minimum atomic E-state index is -0.718. The van der Waals surface area contributed by atoms with Gasteiger partial charge in [-0.3, -0.25) is 14.4 Å². The van der Waals surface area contributed by atoms with E-state index < -0.39 is 27.4 Å². The highest BCUT2D eigenvalue weighted by molar-refractivity contribution is 8.02. The van der Waals surface area contributed by atoms with Crippen LogP contribution in [0.2, 0.25) is 0 Å². The number of likely N-dealkylation sites (tertiary alicyclic amines) is 1. The van der Waals surface area contributed by atoms with Crippen LogP contribution >= 0.6 is 11.8 Å². The maximum Gasteiger partial charge on any atom is 0.251 e. The van der Waals surface area contributed by atoms with Crippen molar-refractivity contribution >= 4 is 35.2 Å². The van der Waals surface area contributed by atoms with Crippen LogP contribution in [0.4, 0.5) is 5.69 Å². The van der Waals surface area contributed by atoms with E-state index in [4.69, 9.17) is 0 Å². The lowest BCUT2D eigenvalue weighted by molar-refractivity contribution is -0.145. The molecule has 3 heterocycles. The Morgan fingerprint density at radius 2 is 1.68 bits per heavy atom. The van der Waals surface area contributed by atoms with Crippen LogP contribution in [-0.2, 0) is 20.9 Å². The second kappa shape index (κ2) is 12.9. The molecule has 3 saturated heterocycles. The molecule has 44 heavy (non-hydrogen) atoms.